The topological polar surface area (TPSA) is 52.3 Å². The quantitative estimate of drug-likeness (QED) is 0.637. The normalized spacial score (nSPS) is 10.8. The van der Waals surface area contributed by atoms with Crippen LogP contribution in [0.4, 0.5) is 0 Å². The van der Waals surface area contributed by atoms with Gasteiger partial charge in [0.1, 0.15) is 12.7 Å². The number of nitrogens with zero attached hydrogens (tertiary/aromatic N) is 4. The van der Waals surface area contributed by atoms with Crippen LogP contribution in [0.5, 0.6) is 5.75 Å². The van der Waals surface area contributed by atoms with Gasteiger partial charge in [-0.2, -0.15) is 5.10 Å². The molecule has 16 heavy (non-hydrogen) atoms. The first-order valence-electron chi connectivity index (χ1n) is 4.61. The van der Waals surface area contributed by atoms with Crippen molar-refractivity contribution in [3.8, 4) is 5.75 Å². The van der Waals surface area contributed by atoms with E-state index in [-0.39, 0.29) is 0 Å². The summed E-state index contributed by atoms with van der Waals surface area (Å²) in [5, 5.41) is 7.74. The minimum Gasteiger partial charge on any atom is -0.357 e. The Hall–Kier alpha value is -1.69. The van der Waals surface area contributed by atoms with E-state index in [4.69, 9.17) is 4.84 Å². The number of aromatic nitrogens is 3. The molecule has 0 N–H and O–H groups in total. The standard InChI is InChI=1S/C10H9BrN4O/c11-9-1-3-10(4-2-9)16-14-5-6-15-8-12-7-13-15/h1-5,7-8H,6H2/b14-5+. The zero-order chi connectivity index (χ0) is 11.2. The first kappa shape index (κ1) is 10.8. The Morgan fingerprint density at radius 1 is 1.38 bits per heavy atom. The van der Waals surface area contributed by atoms with E-state index in [9.17, 15) is 0 Å². The second-order valence-corrected chi connectivity index (χ2v) is 3.87. The van der Waals surface area contributed by atoms with Crippen LogP contribution in [0.1, 0.15) is 0 Å². The van der Waals surface area contributed by atoms with Crippen LogP contribution in [-0.2, 0) is 6.54 Å². The average molecular weight is 281 g/mol. The molecule has 0 radical (unpaired) electrons. The van der Waals surface area contributed by atoms with E-state index in [0.717, 1.165) is 4.47 Å². The fourth-order valence-electron chi connectivity index (χ4n) is 1.04. The van der Waals surface area contributed by atoms with Crippen LogP contribution in [0.3, 0.4) is 0 Å². The van der Waals surface area contributed by atoms with E-state index in [1.54, 1.807) is 17.2 Å². The molecular weight excluding hydrogens is 272 g/mol. The summed E-state index contributed by atoms with van der Waals surface area (Å²) in [5.41, 5.74) is 0. The third kappa shape index (κ3) is 3.16. The Kier molecular flexibility index (Phi) is 3.66. The highest BCUT2D eigenvalue weighted by atomic mass is 79.9. The SMILES string of the molecule is Brc1ccc(O/N=C/Cn2cncn2)cc1. The molecule has 1 aromatic heterocycles. The van der Waals surface area contributed by atoms with Crippen molar-refractivity contribution in [3.63, 3.8) is 0 Å². The molecule has 0 aliphatic carbocycles. The minimum atomic E-state index is 0.538. The summed E-state index contributed by atoms with van der Waals surface area (Å²) in [4.78, 5) is 8.96. The van der Waals surface area contributed by atoms with Crippen LogP contribution in [0.25, 0.3) is 0 Å². The lowest BCUT2D eigenvalue weighted by Gasteiger charge is -1.97. The second kappa shape index (κ2) is 5.41. The number of oxime groups is 1. The van der Waals surface area contributed by atoms with Crippen molar-refractivity contribution in [2.24, 2.45) is 5.16 Å². The van der Waals surface area contributed by atoms with E-state index < -0.39 is 0 Å². The Morgan fingerprint density at radius 2 is 2.19 bits per heavy atom. The number of rotatable bonds is 4. The van der Waals surface area contributed by atoms with Gasteiger partial charge in [0, 0.05) is 4.47 Å². The molecule has 0 amide bonds. The van der Waals surface area contributed by atoms with Gasteiger partial charge in [-0.25, -0.2) is 9.67 Å². The molecule has 0 bridgehead atoms. The van der Waals surface area contributed by atoms with Crippen LogP contribution in [0, 0.1) is 0 Å². The van der Waals surface area contributed by atoms with E-state index in [2.05, 4.69) is 31.2 Å². The summed E-state index contributed by atoms with van der Waals surface area (Å²) >= 11 is 3.34. The van der Waals surface area contributed by atoms with Crippen molar-refractivity contribution in [3.05, 3.63) is 41.4 Å². The van der Waals surface area contributed by atoms with Crippen molar-refractivity contribution in [2.75, 3.05) is 0 Å². The fraction of sp³-hybridized carbons (Fsp3) is 0.100. The van der Waals surface area contributed by atoms with Gasteiger partial charge < -0.3 is 4.84 Å². The predicted molar refractivity (Wildman–Crippen MR) is 63.3 cm³/mol. The van der Waals surface area contributed by atoms with Crippen molar-refractivity contribution < 1.29 is 4.84 Å². The first-order chi connectivity index (χ1) is 7.84. The van der Waals surface area contributed by atoms with Crippen molar-refractivity contribution in [1.29, 1.82) is 0 Å². The molecule has 0 aliphatic rings. The van der Waals surface area contributed by atoms with Gasteiger partial charge in [-0.15, -0.1) is 0 Å². The lowest BCUT2D eigenvalue weighted by Crippen LogP contribution is -1.99. The Labute approximate surface area is 101 Å². The minimum absolute atomic E-state index is 0.538. The molecule has 6 heteroatoms. The number of hydrogen-bond donors (Lipinski definition) is 0. The van der Waals surface area contributed by atoms with Gasteiger partial charge >= 0.3 is 0 Å². The maximum atomic E-state index is 5.15. The second-order valence-electron chi connectivity index (χ2n) is 2.95. The molecule has 0 atom stereocenters. The monoisotopic (exact) mass is 280 g/mol. The van der Waals surface area contributed by atoms with Gasteiger partial charge in [-0.1, -0.05) is 21.1 Å². The number of hydrogen-bond acceptors (Lipinski definition) is 4. The Bertz CT molecular complexity index is 452. The molecule has 0 saturated carbocycles. The van der Waals surface area contributed by atoms with E-state index in [1.165, 1.54) is 6.33 Å². The van der Waals surface area contributed by atoms with Gasteiger partial charge in [0.25, 0.3) is 0 Å². The highest BCUT2D eigenvalue weighted by Crippen LogP contribution is 2.15. The van der Waals surface area contributed by atoms with E-state index in [1.807, 2.05) is 24.3 Å². The van der Waals surface area contributed by atoms with Crippen molar-refractivity contribution in [2.45, 2.75) is 6.54 Å². The molecule has 0 spiro atoms. The first-order valence-corrected chi connectivity index (χ1v) is 5.41. The molecular formula is C10H9BrN4O. The zero-order valence-electron chi connectivity index (χ0n) is 8.32. The van der Waals surface area contributed by atoms with Crippen LogP contribution < -0.4 is 4.84 Å². The third-order valence-electron chi connectivity index (χ3n) is 1.78. The molecule has 2 aromatic rings. The summed E-state index contributed by atoms with van der Waals surface area (Å²) < 4.78 is 2.65. The summed E-state index contributed by atoms with van der Waals surface area (Å²) in [6, 6.07) is 7.44. The van der Waals surface area contributed by atoms with Crippen molar-refractivity contribution in [1.82, 2.24) is 14.8 Å². The molecule has 82 valence electrons. The highest BCUT2D eigenvalue weighted by Gasteiger charge is 1.91. The summed E-state index contributed by atoms with van der Waals surface area (Å²) in [6.07, 6.45) is 4.71. The molecule has 0 unspecified atom stereocenters. The van der Waals surface area contributed by atoms with Gasteiger partial charge in [0.2, 0.25) is 0 Å². The van der Waals surface area contributed by atoms with Crippen LogP contribution in [0.2, 0.25) is 0 Å². The van der Waals surface area contributed by atoms with Gasteiger partial charge in [0.05, 0.1) is 12.8 Å². The number of halogens is 1. The zero-order valence-corrected chi connectivity index (χ0v) is 9.91. The van der Waals surface area contributed by atoms with Crippen LogP contribution >= 0.6 is 15.9 Å². The molecule has 1 heterocycles. The van der Waals surface area contributed by atoms with E-state index >= 15 is 0 Å². The maximum Gasteiger partial charge on any atom is 0.158 e. The van der Waals surface area contributed by atoms with E-state index in [0.29, 0.717) is 12.3 Å². The van der Waals surface area contributed by atoms with Gasteiger partial charge in [-0.3, -0.25) is 0 Å². The smallest absolute Gasteiger partial charge is 0.158 e. The molecule has 0 aliphatic heterocycles. The molecule has 2 rings (SSSR count). The highest BCUT2D eigenvalue weighted by molar-refractivity contribution is 9.10. The Balaban J connectivity index is 1.83. The predicted octanol–water partition coefficient (Wildman–Crippen LogP) is 2.11. The Morgan fingerprint density at radius 3 is 2.88 bits per heavy atom. The summed E-state index contributed by atoms with van der Waals surface area (Å²) in [6.45, 7) is 0.538. The summed E-state index contributed by atoms with van der Waals surface area (Å²) in [7, 11) is 0. The number of benzene rings is 1. The average Bonchev–Trinajstić information content (AvgIpc) is 2.80. The molecule has 0 saturated heterocycles. The fourth-order valence-corrected chi connectivity index (χ4v) is 1.30. The lowest BCUT2D eigenvalue weighted by molar-refractivity contribution is 0.342. The molecule has 5 nitrogen and oxygen atoms in total. The molecule has 0 fully saturated rings. The van der Waals surface area contributed by atoms with Gasteiger partial charge in [-0.05, 0) is 24.3 Å². The maximum absolute atomic E-state index is 5.15. The third-order valence-corrected chi connectivity index (χ3v) is 2.31. The van der Waals surface area contributed by atoms with Gasteiger partial charge in [0.15, 0.2) is 5.75 Å². The largest absolute Gasteiger partial charge is 0.357 e. The molecule has 1 aromatic carbocycles. The lowest BCUT2D eigenvalue weighted by atomic mass is 10.3. The summed E-state index contributed by atoms with van der Waals surface area (Å²) in [5.74, 6) is 0.693. The van der Waals surface area contributed by atoms with Crippen LogP contribution in [-0.4, -0.2) is 21.0 Å². The van der Waals surface area contributed by atoms with Crippen LogP contribution in [0.15, 0.2) is 46.5 Å². The van der Waals surface area contributed by atoms with Crippen molar-refractivity contribution >= 4 is 22.1 Å².